The van der Waals surface area contributed by atoms with E-state index in [1.165, 1.54) is 17.7 Å². The van der Waals surface area contributed by atoms with Crippen LogP contribution in [-0.4, -0.2) is 52.8 Å². The van der Waals surface area contributed by atoms with Gasteiger partial charge in [0.1, 0.15) is 0 Å². The third-order valence-corrected chi connectivity index (χ3v) is 7.11. The molecule has 2 aliphatic heterocycles. The third-order valence-electron chi connectivity index (χ3n) is 6.12. The summed E-state index contributed by atoms with van der Waals surface area (Å²) in [4.78, 5) is 35.2. The largest absolute Gasteiger partial charge is 0.342 e. The second kappa shape index (κ2) is 6.71. The van der Waals surface area contributed by atoms with Crippen LogP contribution in [0.4, 0.5) is 0 Å². The molecular formula is C19H27N3O2S. The van der Waals surface area contributed by atoms with Gasteiger partial charge >= 0.3 is 0 Å². The number of rotatable bonds is 5. The van der Waals surface area contributed by atoms with Crippen molar-refractivity contribution in [1.29, 1.82) is 0 Å². The molecule has 1 aliphatic carbocycles. The second-order valence-electron chi connectivity index (χ2n) is 8.00. The fourth-order valence-corrected chi connectivity index (χ4v) is 5.13. The Labute approximate surface area is 153 Å². The summed E-state index contributed by atoms with van der Waals surface area (Å²) in [6, 6.07) is 0. The van der Waals surface area contributed by atoms with Gasteiger partial charge in [-0.2, -0.15) is 0 Å². The number of aromatic nitrogens is 1. The van der Waals surface area contributed by atoms with E-state index in [2.05, 4.69) is 9.88 Å². The smallest absolute Gasteiger partial charge is 0.230 e. The van der Waals surface area contributed by atoms with Gasteiger partial charge in [-0.3, -0.25) is 9.59 Å². The zero-order valence-electron chi connectivity index (χ0n) is 15.0. The minimum absolute atomic E-state index is 0.191. The van der Waals surface area contributed by atoms with Gasteiger partial charge in [0, 0.05) is 37.5 Å². The van der Waals surface area contributed by atoms with Crippen LogP contribution < -0.4 is 0 Å². The quantitative estimate of drug-likeness (QED) is 0.810. The van der Waals surface area contributed by atoms with Gasteiger partial charge in [-0.25, -0.2) is 4.98 Å². The molecule has 1 aromatic rings. The van der Waals surface area contributed by atoms with Gasteiger partial charge in [0.15, 0.2) is 0 Å². The van der Waals surface area contributed by atoms with Gasteiger partial charge in [-0.1, -0.05) is 0 Å². The maximum atomic E-state index is 13.1. The number of hydrogen-bond acceptors (Lipinski definition) is 4. The molecule has 1 saturated carbocycles. The number of carbonyl (C=O) groups is 2. The SMILES string of the molecule is Cc1ncsc1CCC(=O)N1CCC2(CCCN(CC3CC3)C2=O)C1. The molecule has 25 heavy (non-hydrogen) atoms. The Hall–Kier alpha value is -1.43. The summed E-state index contributed by atoms with van der Waals surface area (Å²) in [5.41, 5.74) is 2.59. The predicted octanol–water partition coefficient (Wildman–Crippen LogP) is 2.64. The molecule has 1 aromatic heterocycles. The molecule has 0 N–H and O–H groups in total. The van der Waals surface area contributed by atoms with Crippen molar-refractivity contribution in [3.8, 4) is 0 Å². The van der Waals surface area contributed by atoms with Crippen molar-refractivity contribution in [1.82, 2.24) is 14.8 Å². The lowest BCUT2D eigenvalue weighted by atomic mass is 9.78. The van der Waals surface area contributed by atoms with E-state index in [0.29, 0.717) is 18.9 Å². The number of aryl methyl sites for hydroxylation is 2. The number of carbonyl (C=O) groups excluding carboxylic acids is 2. The van der Waals surface area contributed by atoms with E-state index in [0.717, 1.165) is 56.9 Å². The lowest BCUT2D eigenvalue weighted by Gasteiger charge is -2.39. The molecule has 136 valence electrons. The number of nitrogens with zero attached hydrogens (tertiary/aromatic N) is 3. The number of piperidine rings is 1. The summed E-state index contributed by atoms with van der Waals surface area (Å²) < 4.78 is 0. The maximum absolute atomic E-state index is 13.1. The summed E-state index contributed by atoms with van der Waals surface area (Å²) in [5.74, 6) is 1.25. The average Bonchev–Trinajstić information content (AvgIpc) is 3.16. The van der Waals surface area contributed by atoms with Crippen molar-refractivity contribution in [2.45, 2.75) is 51.9 Å². The standard InChI is InChI=1S/C19H27N3O2S/c1-14-16(25-13-20-14)5-6-17(23)22-10-8-19(12-22)7-2-9-21(18(19)24)11-15-3-4-15/h13,15H,2-12H2,1H3. The summed E-state index contributed by atoms with van der Waals surface area (Å²) >= 11 is 1.63. The summed E-state index contributed by atoms with van der Waals surface area (Å²) in [5, 5.41) is 0. The number of amides is 2. The minimum atomic E-state index is -0.288. The van der Waals surface area contributed by atoms with Gasteiger partial charge in [0.2, 0.25) is 11.8 Å². The van der Waals surface area contributed by atoms with Crippen molar-refractivity contribution in [3.63, 3.8) is 0 Å². The van der Waals surface area contributed by atoms with Crippen molar-refractivity contribution in [2.75, 3.05) is 26.2 Å². The van der Waals surface area contributed by atoms with Crippen LogP contribution in [0.15, 0.2) is 5.51 Å². The third kappa shape index (κ3) is 3.46. The van der Waals surface area contributed by atoms with Gasteiger partial charge in [-0.05, 0) is 51.4 Å². The first kappa shape index (κ1) is 17.0. The first-order chi connectivity index (χ1) is 12.1. The van der Waals surface area contributed by atoms with Crippen LogP contribution in [0.25, 0.3) is 0 Å². The number of hydrogen-bond donors (Lipinski definition) is 0. The van der Waals surface area contributed by atoms with Crippen molar-refractivity contribution >= 4 is 23.2 Å². The van der Waals surface area contributed by atoms with E-state index in [9.17, 15) is 9.59 Å². The molecule has 6 heteroatoms. The molecule has 0 aromatic carbocycles. The zero-order chi connectivity index (χ0) is 17.4. The van der Waals surface area contributed by atoms with Crippen molar-refractivity contribution in [2.24, 2.45) is 11.3 Å². The molecule has 4 rings (SSSR count). The minimum Gasteiger partial charge on any atom is -0.342 e. The molecule has 0 radical (unpaired) electrons. The molecule has 1 spiro atoms. The Balaban J connectivity index is 1.35. The Kier molecular flexibility index (Phi) is 4.56. The second-order valence-corrected chi connectivity index (χ2v) is 8.94. The molecular weight excluding hydrogens is 334 g/mol. The number of thiazole rings is 1. The Morgan fingerprint density at radius 3 is 2.92 bits per heavy atom. The van der Waals surface area contributed by atoms with Gasteiger partial charge < -0.3 is 9.80 Å². The van der Waals surface area contributed by atoms with E-state index in [-0.39, 0.29) is 11.3 Å². The fraction of sp³-hybridized carbons (Fsp3) is 0.737. The molecule has 1 atom stereocenters. The van der Waals surface area contributed by atoms with Crippen LogP contribution in [0.2, 0.25) is 0 Å². The molecule has 2 saturated heterocycles. The first-order valence-corrected chi connectivity index (χ1v) is 10.4. The molecule has 3 heterocycles. The Morgan fingerprint density at radius 2 is 2.20 bits per heavy atom. The topological polar surface area (TPSA) is 53.5 Å². The lowest BCUT2D eigenvalue weighted by Crippen LogP contribution is -2.50. The fourth-order valence-electron chi connectivity index (χ4n) is 4.35. The highest BCUT2D eigenvalue weighted by molar-refractivity contribution is 7.09. The summed E-state index contributed by atoms with van der Waals surface area (Å²) in [7, 11) is 0. The van der Waals surface area contributed by atoms with Gasteiger partial charge in [0.25, 0.3) is 0 Å². The van der Waals surface area contributed by atoms with Crippen molar-refractivity contribution in [3.05, 3.63) is 16.1 Å². The van der Waals surface area contributed by atoms with Crippen molar-refractivity contribution < 1.29 is 9.59 Å². The number of likely N-dealkylation sites (tertiary alicyclic amines) is 2. The van der Waals surface area contributed by atoms with Crippen LogP contribution in [0.5, 0.6) is 0 Å². The highest BCUT2D eigenvalue weighted by Crippen LogP contribution is 2.41. The molecule has 3 aliphatic rings. The normalized spacial score (nSPS) is 26.7. The van der Waals surface area contributed by atoms with Crippen LogP contribution in [-0.2, 0) is 16.0 Å². The lowest BCUT2D eigenvalue weighted by molar-refractivity contribution is -0.146. The molecule has 3 fully saturated rings. The Morgan fingerprint density at radius 1 is 1.36 bits per heavy atom. The van der Waals surface area contributed by atoms with E-state index in [1.54, 1.807) is 11.3 Å². The average molecular weight is 362 g/mol. The van der Waals surface area contributed by atoms with Gasteiger partial charge in [0.05, 0.1) is 16.6 Å². The zero-order valence-corrected chi connectivity index (χ0v) is 15.8. The first-order valence-electron chi connectivity index (χ1n) is 9.53. The molecule has 1 unspecified atom stereocenters. The Bertz CT molecular complexity index is 669. The summed E-state index contributed by atoms with van der Waals surface area (Å²) in [6.45, 7) is 5.22. The van der Waals surface area contributed by atoms with Crippen LogP contribution in [0, 0.1) is 18.3 Å². The highest BCUT2D eigenvalue weighted by Gasteiger charge is 2.49. The van der Waals surface area contributed by atoms with Gasteiger partial charge in [-0.15, -0.1) is 11.3 Å². The van der Waals surface area contributed by atoms with Crippen LogP contribution >= 0.6 is 11.3 Å². The van der Waals surface area contributed by atoms with Crippen LogP contribution in [0.1, 0.15) is 49.1 Å². The van der Waals surface area contributed by atoms with E-state index < -0.39 is 0 Å². The van der Waals surface area contributed by atoms with E-state index in [4.69, 9.17) is 0 Å². The van der Waals surface area contributed by atoms with E-state index >= 15 is 0 Å². The van der Waals surface area contributed by atoms with E-state index in [1.807, 2.05) is 17.3 Å². The van der Waals surface area contributed by atoms with Crippen LogP contribution in [0.3, 0.4) is 0 Å². The molecule has 0 bridgehead atoms. The maximum Gasteiger partial charge on any atom is 0.230 e. The predicted molar refractivity (Wildman–Crippen MR) is 97.3 cm³/mol. The highest BCUT2D eigenvalue weighted by atomic mass is 32.1. The summed E-state index contributed by atoms with van der Waals surface area (Å²) in [6.07, 6.45) is 6.72. The molecule has 5 nitrogen and oxygen atoms in total. The molecule has 2 amide bonds. The monoisotopic (exact) mass is 361 g/mol.